The van der Waals surface area contributed by atoms with E-state index in [0.29, 0.717) is 6.42 Å². The lowest BCUT2D eigenvalue weighted by atomic mass is 10.2. The molecule has 0 fully saturated rings. The van der Waals surface area contributed by atoms with Gasteiger partial charge in [0.1, 0.15) is 0 Å². The van der Waals surface area contributed by atoms with Gasteiger partial charge in [-0.15, -0.1) is 0 Å². The molecule has 0 radical (unpaired) electrons. The summed E-state index contributed by atoms with van der Waals surface area (Å²) >= 11 is 0. The van der Waals surface area contributed by atoms with Gasteiger partial charge in [-0.05, 0) is 31.5 Å². The number of aliphatic hydroxyl groups excluding tert-OH is 1. The second-order valence-corrected chi connectivity index (χ2v) is 12.6. The molecule has 0 heterocycles. The summed E-state index contributed by atoms with van der Waals surface area (Å²) in [6.07, 6.45) is -0.275. The Morgan fingerprint density at radius 3 is 2.05 bits per heavy atom. The van der Waals surface area contributed by atoms with Crippen molar-refractivity contribution in [3.05, 3.63) is 0 Å². The van der Waals surface area contributed by atoms with E-state index in [1.807, 2.05) is 33.9 Å². The second-order valence-electron chi connectivity index (χ2n) is 6.28. The van der Waals surface area contributed by atoms with E-state index in [-0.39, 0.29) is 11.6 Å². The molecule has 0 aliphatic carbocycles. The third kappa shape index (κ3) is 6.99. The molecule has 0 bridgehead atoms. The van der Waals surface area contributed by atoms with Crippen molar-refractivity contribution < 1.29 is 28.6 Å². The van der Waals surface area contributed by atoms with Crippen LogP contribution in [0.25, 0.3) is 0 Å². The summed E-state index contributed by atoms with van der Waals surface area (Å²) in [5.74, 6) is 0. The SMILES string of the molecule is CC(O)CCOC(O[Si](C)(C)C(C)(C)C)P(=O)(O)O. The Bertz CT molecular complexity index is 320. The Morgan fingerprint density at radius 1 is 1.26 bits per heavy atom. The van der Waals surface area contributed by atoms with Crippen molar-refractivity contribution in [3.8, 4) is 0 Å². The number of hydrogen-bond acceptors (Lipinski definition) is 4. The van der Waals surface area contributed by atoms with E-state index in [1.165, 1.54) is 0 Å². The highest BCUT2D eigenvalue weighted by Gasteiger charge is 2.44. The Morgan fingerprint density at radius 2 is 1.74 bits per heavy atom. The van der Waals surface area contributed by atoms with Crippen molar-refractivity contribution in [1.82, 2.24) is 0 Å². The normalized spacial score (nSPS) is 17.3. The number of aliphatic hydroxyl groups is 1. The molecule has 0 spiro atoms. The van der Waals surface area contributed by atoms with Gasteiger partial charge in [-0.25, -0.2) is 0 Å². The smallest absolute Gasteiger partial charge is 0.380 e. The van der Waals surface area contributed by atoms with Crippen LogP contribution in [0.4, 0.5) is 0 Å². The summed E-state index contributed by atoms with van der Waals surface area (Å²) in [5.41, 5.74) is 0. The van der Waals surface area contributed by atoms with Gasteiger partial charge in [-0.1, -0.05) is 20.8 Å². The average Bonchev–Trinajstić information content (AvgIpc) is 2.11. The molecule has 0 amide bonds. The molecular formula is C11H27O6PSi. The molecule has 0 saturated heterocycles. The summed E-state index contributed by atoms with van der Waals surface area (Å²) in [6, 6.07) is -1.55. The highest BCUT2D eigenvalue weighted by molar-refractivity contribution is 7.52. The molecule has 0 aromatic rings. The van der Waals surface area contributed by atoms with Crippen molar-refractivity contribution >= 4 is 15.9 Å². The Balaban J connectivity index is 4.76. The molecular weight excluding hydrogens is 287 g/mol. The largest absolute Gasteiger partial charge is 0.393 e. The zero-order chi connectivity index (χ0) is 15.5. The molecule has 0 aromatic carbocycles. The fraction of sp³-hybridized carbons (Fsp3) is 1.00. The third-order valence-electron chi connectivity index (χ3n) is 3.27. The lowest BCUT2D eigenvalue weighted by Gasteiger charge is -2.38. The van der Waals surface area contributed by atoms with E-state index in [1.54, 1.807) is 6.92 Å². The summed E-state index contributed by atoms with van der Waals surface area (Å²) in [7, 11) is -6.83. The van der Waals surface area contributed by atoms with Crippen LogP contribution in [0.5, 0.6) is 0 Å². The molecule has 19 heavy (non-hydrogen) atoms. The third-order valence-corrected chi connectivity index (χ3v) is 8.69. The summed E-state index contributed by atoms with van der Waals surface area (Å²) in [5, 5.41) is 8.95. The molecule has 0 aromatic heterocycles. The second kappa shape index (κ2) is 6.80. The van der Waals surface area contributed by atoms with Crippen LogP contribution in [0, 0.1) is 0 Å². The van der Waals surface area contributed by atoms with Crippen molar-refractivity contribution in [2.45, 2.75) is 64.4 Å². The molecule has 6 nitrogen and oxygen atoms in total. The highest BCUT2D eigenvalue weighted by atomic mass is 31.2. The molecule has 0 aliphatic rings. The Labute approximate surface area is 116 Å². The van der Waals surface area contributed by atoms with Gasteiger partial charge < -0.3 is 24.1 Å². The quantitative estimate of drug-likeness (QED) is 0.379. The molecule has 2 unspecified atom stereocenters. The van der Waals surface area contributed by atoms with E-state index in [0.717, 1.165) is 0 Å². The number of rotatable bonds is 7. The first-order valence-electron chi connectivity index (χ1n) is 6.30. The zero-order valence-electron chi connectivity index (χ0n) is 12.6. The van der Waals surface area contributed by atoms with E-state index < -0.39 is 28.0 Å². The van der Waals surface area contributed by atoms with Crippen LogP contribution in [0.3, 0.4) is 0 Å². The predicted octanol–water partition coefficient (Wildman–Crippen LogP) is 2.26. The maximum Gasteiger partial charge on any atom is 0.380 e. The summed E-state index contributed by atoms with van der Waals surface area (Å²) < 4.78 is 22.2. The topological polar surface area (TPSA) is 96.2 Å². The summed E-state index contributed by atoms with van der Waals surface area (Å²) in [6.45, 7) is 11.4. The highest BCUT2D eigenvalue weighted by Crippen LogP contribution is 2.47. The molecule has 3 N–H and O–H groups in total. The van der Waals surface area contributed by atoms with Crippen molar-refractivity contribution in [3.63, 3.8) is 0 Å². The average molecular weight is 314 g/mol. The van der Waals surface area contributed by atoms with E-state index in [2.05, 4.69) is 0 Å². The molecule has 8 heteroatoms. The fourth-order valence-electron chi connectivity index (χ4n) is 0.968. The monoisotopic (exact) mass is 314 g/mol. The van der Waals surface area contributed by atoms with Gasteiger partial charge in [0.25, 0.3) is 6.03 Å². The van der Waals surface area contributed by atoms with Gasteiger partial charge >= 0.3 is 7.60 Å². The summed E-state index contributed by atoms with van der Waals surface area (Å²) in [4.78, 5) is 18.6. The maximum atomic E-state index is 11.4. The van der Waals surface area contributed by atoms with Crippen molar-refractivity contribution in [2.24, 2.45) is 0 Å². The van der Waals surface area contributed by atoms with Gasteiger partial charge in [0.05, 0.1) is 12.7 Å². The number of ether oxygens (including phenoxy) is 1. The standard InChI is InChI=1S/C11H27O6PSi/c1-9(12)7-8-16-10(18(13,14)15)17-19(5,6)11(2,3)4/h9-10,12H,7-8H2,1-6H3,(H2,13,14,15). The van der Waals surface area contributed by atoms with E-state index in [9.17, 15) is 14.4 Å². The first-order valence-corrected chi connectivity index (χ1v) is 10.9. The van der Waals surface area contributed by atoms with Crippen LogP contribution in [0.15, 0.2) is 0 Å². The Kier molecular flexibility index (Phi) is 6.89. The van der Waals surface area contributed by atoms with Crippen LogP contribution in [0.2, 0.25) is 18.1 Å². The zero-order valence-corrected chi connectivity index (χ0v) is 14.5. The van der Waals surface area contributed by atoms with Crippen LogP contribution in [-0.2, 0) is 13.7 Å². The lowest BCUT2D eigenvalue weighted by molar-refractivity contribution is -0.0535. The first kappa shape index (κ1) is 19.2. The minimum atomic E-state index is -4.49. The van der Waals surface area contributed by atoms with Crippen LogP contribution in [0.1, 0.15) is 34.1 Å². The van der Waals surface area contributed by atoms with Crippen LogP contribution in [-0.4, -0.2) is 42.0 Å². The van der Waals surface area contributed by atoms with Crippen molar-refractivity contribution in [2.75, 3.05) is 6.61 Å². The van der Waals surface area contributed by atoms with Crippen LogP contribution < -0.4 is 0 Å². The molecule has 0 saturated carbocycles. The van der Waals surface area contributed by atoms with Gasteiger partial charge in [-0.2, -0.15) is 0 Å². The van der Waals surface area contributed by atoms with Gasteiger partial charge in [-0.3, -0.25) is 4.57 Å². The van der Waals surface area contributed by atoms with Crippen LogP contribution >= 0.6 is 7.60 Å². The van der Waals surface area contributed by atoms with Gasteiger partial charge in [0.2, 0.25) is 0 Å². The molecule has 2 atom stereocenters. The number of hydrogen-bond donors (Lipinski definition) is 3. The van der Waals surface area contributed by atoms with Gasteiger partial charge in [0, 0.05) is 0 Å². The first-order chi connectivity index (χ1) is 8.27. The fourth-order valence-corrected chi connectivity index (χ4v) is 3.53. The Hall–Kier alpha value is 0.247. The van der Waals surface area contributed by atoms with Crippen molar-refractivity contribution in [1.29, 1.82) is 0 Å². The van der Waals surface area contributed by atoms with Gasteiger partial charge in [0.15, 0.2) is 8.32 Å². The van der Waals surface area contributed by atoms with E-state index >= 15 is 0 Å². The minimum absolute atomic E-state index is 0.0437. The molecule has 116 valence electrons. The minimum Gasteiger partial charge on any atom is -0.393 e. The maximum absolute atomic E-state index is 11.4. The molecule has 0 aliphatic heterocycles. The van der Waals surface area contributed by atoms with E-state index in [4.69, 9.17) is 14.3 Å². The lowest BCUT2D eigenvalue weighted by Crippen LogP contribution is -2.44. The molecule has 0 rings (SSSR count). The predicted molar refractivity (Wildman–Crippen MR) is 76.4 cm³/mol.